The minimum atomic E-state index is -2.61. The van der Waals surface area contributed by atoms with E-state index in [0.29, 0.717) is 0 Å². The van der Waals surface area contributed by atoms with Gasteiger partial charge in [-0.05, 0) is 12.3 Å². The summed E-state index contributed by atoms with van der Waals surface area (Å²) in [6.45, 7) is 4.49. The molecule has 0 radical (unpaired) electrons. The molecule has 0 unspecified atom stereocenters. The zero-order valence-corrected chi connectivity index (χ0v) is 6.49. The largest absolute Gasteiger partial charge is 0.327 e. The minimum Gasteiger partial charge on any atom is -0.327 e. The molecule has 0 aromatic carbocycles. The van der Waals surface area contributed by atoms with Crippen molar-refractivity contribution in [3.63, 3.8) is 0 Å². The van der Waals surface area contributed by atoms with Gasteiger partial charge in [-0.3, -0.25) is 0 Å². The van der Waals surface area contributed by atoms with E-state index in [9.17, 15) is 8.78 Å². The van der Waals surface area contributed by atoms with Gasteiger partial charge >= 0.3 is 0 Å². The van der Waals surface area contributed by atoms with E-state index in [2.05, 4.69) is 0 Å². The molecule has 0 spiro atoms. The van der Waals surface area contributed by atoms with Gasteiger partial charge in [0.15, 0.2) is 0 Å². The SMILES string of the molecule is CC(F)(F)[C@@H]1[C@@H](N)C1(C)C. The van der Waals surface area contributed by atoms with Crippen LogP contribution in [-0.2, 0) is 0 Å². The van der Waals surface area contributed by atoms with Crippen molar-refractivity contribution in [1.29, 1.82) is 0 Å². The molecule has 0 bridgehead atoms. The number of nitrogens with two attached hydrogens (primary N) is 1. The third kappa shape index (κ3) is 0.926. The first-order chi connectivity index (χ1) is 4.28. The molecule has 60 valence electrons. The Morgan fingerprint density at radius 2 is 1.70 bits per heavy atom. The Bertz CT molecular complexity index is 138. The van der Waals surface area contributed by atoms with Gasteiger partial charge in [-0.2, -0.15) is 0 Å². The van der Waals surface area contributed by atoms with Gasteiger partial charge in [0.1, 0.15) is 0 Å². The summed E-state index contributed by atoms with van der Waals surface area (Å²) in [6.07, 6.45) is 0. The molecule has 0 heterocycles. The lowest BCUT2D eigenvalue weighted by molar-refractivity contribution is -0.0142. The summed E-state index contributed by atoms with van der Waals surface area (Å²) >= 11 is 0. The molecule has 1 nitrogen and oxygen atoms in total. The van der Waals surface area contributed by atoms with Gasteiger partial charge < -0.3 is 5.73 Å². The topological polar surface area (TPSA) is 26.0 Å². The Kier molecular flexibility index (Phi) is 1.35. The summed E-state index contributed by atoms with van der Waals surface area (Å²) in [5, 5.41) is 0. The Labute approximate surface area is 59.6 Å². The van der Waals surface area contributed by atoms with Crippen LogP contribution in [0.25, 0.3) is 0 Å². The fourth-order valence-corrected chi connectivity index (χ4v) is 1.65. The van der Waals surface area contributed by atoms with Crippen molar-refractivity contribution < 1.29 is 8.78 Å². The molecule has 1 fully saturated rings. The molecule has 3 heteroatoms. The predicted molar refractivity (Wildman–Crippen MR) is 35.9 cm³/mol. The van der Waals surface area contributed by atoms with E-state index in [1.807, 2.05) is 0 Å². The summed E-state index contributed by atoms with van der Waals surface area (Å²) in [7, 11) is 0. The molecular formula is C7H13F2N. The van der Waals surface area contributed by atoms with Gasteiger partial charge in [0.2, 0.25) is 5.92 Å². The first-order valence-corrected chi connectivity index (χ1v) is 3.41. The Morgan fingerprint density at radius 3 is 1.70 bits per heavy atom. The normalized spacial score (nSPS) is 37.8. The highest BCUT2D eigenvalue weighted by Gasteiger charge is 2.65. The summed E-state index contributed by atoms with van der Waals surface area (Å²) in [5.74, 6) is -3.23. The number of halogens is 2. The fraction of sp³-hybridized carbons (Fsp3) is 1.00. The first-order valence-electron chi connectivity index (χ1n) is 3.41. The van der Waals surface area contributed by atoms with Crippen LogP contribution in [0.4, 0.5) is 8.78 Å². The molecule has 0 aromatic heterocycles. The van der Waals surface area contributed by atoms with Crippen molar-refractivity contribution in [2.75, 3.05) is 0 Å². The first kappa shape index (κ1) is 7.92. The van der Waals surface area contributed by atoms with Crippen molar-refractivity contribution in [1.82, 2.24) is 0 Å². The van der Waals surface area contributed by atoms with Crippen LogP contribution in [0.15, 0.2) is 0 Å². The highest BCUT2D eigenvalue weighted by Crippen LogP contribution is 2.57. The number of alkyl halides is 2. The zero-order chi connectivity index (χ0) is 8.15. The molecule has 0 aliphatic heterocycles. The van der Waals surface area contributed by atoms with Crippen molar-refractivity contribution in [2.45, 2.75) is 32.7 Å². The standard InChI is InChI=1S/C7H13F2N/c1-6(2)4(5(6)10)7(3,8)9/h4-5H,10H2,1-3H3/t4-,5-/m1/s1. The van der Waals surface area contributed by atoms with Gasteiger partial charge in [-0.15, -0.1) is 0 Å². The fourth-order valence-electron chi connectivity index (χ4n) is 1.65. The minimum absolute atomic E-state index is 0.326. The quantitative estimate of drug-likeness (QED) is 0.602. The van der Waals surface area contributed by atoms with Crippen LogP contribution < -0.4 is 5.73 Å². The molecule has 1 saturated carbocycles. The lowest BCUT2D eigenvalue weighted by atomic mass is 10.1. The Balaban J connectivity index is 2.66. The third-order valence-electron chi connectivity index (χ3n) is 2.46. The second kappa shape index (κ2) is 1.70. The maximum atomic E-state index is 12.6. The van der Waals surface area contributed by atoms with E-state index in [4.69, 9.17) is 5.73 Å². The smallest absolute Gasteiger partial charge is 0.250 e. The Hall–Kier alpha value is -0.180. The van der Waals surface area contributed by atoms with Gasteiger partial charge in [0, 0.05) is 12.0 Å². The molecule has 0 aromatic rings. The molecule has 0 amide bonds. The maximum Gasteiger partial charge on any atom is 0.250 e. The van der Waals surface area contributed by atoms with Crippen LogP contribution in [0, 0.1) is 11.3 Å². The summed E-state index contributed by atoms with van der Waals surface area (Å²) in [5.41, 5.74) is 5.09. The average Bonchev–Trinajstić information content (AvgIpc) is 2.03. The van der Waals surface area contributed by atoms with E-state index in [-0.39, 0.29) is 11.5 Å². The summed E-state index contributed by atoms with van der Waals surface area (Å²) in [6, 6.07) is -0.326. The molecular weight excluding hydrogens is 136 g/mol. The van der Waals surface area contributed by atoms with E-state index in [0.717, 1.165) is 6.92 Å². The Morgan fingerprint density at radius 1 is 1.40 bits per heavy atom. The second-order valence-electron chi connectivity index (χ2n) is 3.78. The van der Waals surface area contributed by atoms with Gasteiger partial charge in [-0.1, -0.05) is 13.8 Å². The highest BCUT2D eigenvalue weighted by molar-refractivity contribution is 5.13. The number of hydrogen-bond donors (Lipinski definition) is 1. The number of hydrogen-bond acceptors (Lipinski definition) is 1. The van der Waals surface area contributed by atoms with Crippen LogP contribution >= 0.6 is 0 Å². The van der Waals surface area contributed by atoms with Crippen LogP contribution in [0.3, 0.4) is 0 Å². The van der Waals surface area contributed by atoms with Crippen LogP contribution in [0.1, 0.15) is 20.8 Å². The average molecular weight is 149 g/mol. The van der Waals surface area contributed by atoms with E-state index < -0.39 is 11.8 Å². The van der Waals surface area contributed by atoms with Gasteiger partial charge in [0.25, 0.3) is 0 Å². The van der Waals surface area contributed by atoms with Crippen molar-refractivity contribution in [2.24, 2.45) is 17.1 Å². The molecule has 1 aliphatic carbocycles. The molecule has 1 aliphatic rings. The van der Waals surface area contributed by atoms with Crippen LogP contribution in [0.2, 0.25) is 0 Å². The maximum absolute atomic E-state index is 12.6. The summed E-state index contributed by atoms with van der Waals surface area (Å²) < 4.78 is 25.1. The van der Waals surface area contributed by atoms with E-state index in [1.165, 1.54) is 0 Å². The predicted octanol–water partition coefficient (Wildman–Crippen LogP) is 1.62. The van der Waals surface area contributed by atoms with E-state index >= 15 is 0 Å². The lowest BCUT2D eigenvalue weighted by Gasteiger charge is -2.10. The van der Waals surface area contributed by atoms with Gasteiger partial charge in [-0.25, -0.2) is 8.78 Å². The van der Waals surface area contributed by atoms with Crippen LogP contribution in [0.5, 0.6) is 0 Å². The zero-order valence-electron chi connectivity index (χ0n) is 6.49. The van der Waals surface area contributed by atoms with E-state index in [1.54, 1.807) is 13.8 Å². The third-order valence-corrected chi connectivity index (χ3v) is 2.46. The molecule has 1 rings (SSSR count). The number of rotatable bonds is 1. The van der Waals surface area contributed by atoms with Gasteiger partial charge in [0.05, 0.1) is 0 Å². The van der Waals surface area contributed by atoms with Crippen molar-refractivity contribution in [3.05, 3.63) is 0 Å². The van der Waals surface area contributed by atoms with Crippen LogP contribution in [-0.4, -0.2) is 12.0 Å². The summed E-state index contributed by atoms with van der Waals surface area (Å²) in [4.78, 5) is 0. The second-order valence-corrected chi connectivity index (χ2v) is 3.78. The molecule has 10 heavy (non-hydrogen) atoms. The lowest BCUT2D eigenvalue weighted by Crippen LogP contribution is -2.19. The highest BCUT2D eigenvalue weighted by atomic mass is 19.3. The monoisotopic (exact) mass is 149 g/mol. The molecule has 2 N–H and O–H groups in total. The molecule has 0 saturated heterocycles. The van der Waals surface area contributed by atoms with Crippen molar-refractivity contribution >= 4 is 0 Å². The van der Waals surface area contributed by atoms with Crippen molar-refractivity contribution in [3.8, 4) is 0 Å². The molecule has 2 atom stereocenters.